The van der Waals surface area contributed by atoms with Gasteiger partial charge < -0.3 is 9.52 Å². The van der Waals surface area contributed by atoms with E-state index in [0.717, 1.165) is 42.9 Å². The van der Waals surface area contributed by atoms with Crippen LogP contribution in [0, 0.1) is 0 Å². The number of benzene rings is 1. The Kier molecular flexibility index (Phi) is 5.12. The minimum Gasteiger partial charge on any atom is -0.441 e. The Morgan fingerprint density at radius 3 is 2.89 bits per heavy atom. The summed E-state index contributed by atoms with van der Waals surface area (Å²) in [7, 11) is 0. The third-order valence-electron chi connectivity index (χ3n) is 3.01. The summed E-state index contributed by atoms with van der Waals surface area (Å²) in [5, 5.41) is 8.97. The van der Waals surface area contributed by atoms with E-state index in [2.05, 4.69) is 16.5 Å². The molecule has 0 radical (unpaired) electrons. The second-order valence-corrected chi connectivity index (χ2v) is 4.49. The number of para-hydroxylation sites is 2. The molecule has 1 N–H and O–H groups in total. The van der Waals surface area contributed by atoms with Crippen LogP contribution in [0.3, 0.4) is 0 Å². The molecule has 0 aliphatic heterocycles. The van der Waals surface area contributed by atoms with Crippen LogP contribution in [0.1, 0.15) is 12.3 Å². The van der Waals surface area contributed by atoms with Crippen LogP contribution >= 0.6 is 0 Å². The molecule has 0 aliphatic carbocycles. The van der Waals surface area contributed by atoms with Gasteiger partial charge in [-0.2, -0.15) is 0 Å². The van der Waals surface area contributed by atoms with Crippen LogP contribution in [0.15, 0.2) is 41.3 Å². The van der Waals surface area contributed by atoms with Gasteiger partial charge in [-0.05, 0) is 25.1 Å². The number of hydrogen-bond acceptors (Lipinski definition) is 4. The minimum atomic E-state index is 0.177. The van der Waals surface area contributed by atoms with Crippen molar-refractivity contribution in [2.24, 2.45) is 0 Å². The quantitative estimate of drug-likeness (QED) is 0.740. The summed E-state index contributed by atoms with van der Waals surface area (Å²) in [6.45, 7) is 6.29. The summed E-state index contributed by atoms with van der Waals surface area (Å²) < 4.78 is 5.67. The fraction of sp³-hybridized carbons (Fsp3) is 0.400. The van der Waals surface area contributed by atoms with Crippen LogP contribution in [-0.4, -0.2) is 41.2 Å². The molecule has 0 atom stereocenters. The van der Waals surface area contributed by atoms with Gasteiger partial charge in [-0.15, -0.1) is 6.58 Å². The average molecular weight is 260 g/mol. The highest BCUT2D eigenvalue weighted by molar-refractivity contribution is 5.72. The predicted molar refractivity (Wildman–Crippen MR) is 76.1 cm³/mol. The maximum Gasteiger partial charge on any atom is 0.195 e. The molecule has 2 aromatic rings. The Bertz CT molecular complexity index is 489. The lowest BCUT2D eigenvalue weighted by molar-refractivity contribution is 0.206. The molecule has 19 heavy (non-hydrogen) atoms. The predicted octanol–water partition coefficient (Wildman–Crippen LogP) is 2.24. The van der Waals surface area contributed by atoms with Gasteiger partial charge in [0.05, 0.1) is 6.61 Å². The fourth-order valence-electron chi connectivity index (χ4n) is 2.10. The van der Waals surface area contributed by atoms with Gasteiger partial charge in [-0.3, -0.25) is 4.90 Å². The van der Waals surface area contributed by atoms with Crippen molar-refractivity contribution in [1.82, 2.24) is 9.88 Å². The molecule has 2 rings (SSSR count). The van der Waals surface area contributed by atoms with Crippen molar-refractivity contribution in [2.45, 2.75) is 12.8 Å². The van der Waals surface area contributed by atoms with Crippen LogP contribution in [0.4, 0.5) is 0 Å². The molecule has 1 heterocycles. The van der Waals surface area contributed by atoms with Gasteiger partial charge in [0, 0.05) is 19.5 Å². The van der Waals surface area contributed by atoms with Crippen LogP contribution < -0.4 is 0 Å². The van der Waals surface area contributed by atoms with E-state index in [1.54, 1.807) is 0 Å². The average Bonchev–Trinajstić information content (AvgIpc) is 2.82. The summed E-state index contributed by atoms with van der Waals surface area (Å²) >= 11 is 0. The molecule has 0 spiro atoms. The molecule has 4 nitrogen and oxygen atoms in total. The molecule has 0 bridgehead atoms. The summed E-state index contributed by atoms with van der Waals surface area (Å²) in [6, 6.07) is 7.80. The lowest BCUT2D eigenvalue weighted by Gasteiger charge is -2.18. The molecule has 0 saturated carbocycles. The normalized spacial score (nSPS) is 11.3. The lowest BCUT2D eigenvalue weighted by Crippen LogP contribution is -2.28. The second kappa shape index (κ2) is 7.07. The van der Waals surface area contributed by atoms with Gasteiger partial charge in [0.15, 0.2) is 11.5 Å². The largest absolute Gasteiger partial charge is 0.441 e. The number of hydrogen-bond donors (Lipinski definition) is 1. The van der Waals surface area contributed by atoms with Gasteiger partial charge >= 0.3 is 0 Å². The van der Waals surface area contributed by atoms with Gasteiger partial charge in [0.2, 0.25) is 0 Å². The highest BCUT2D eigenvalue weighted by Gasteiger charge is 2.06. The maximum absolute atomic E-state index is 8.97. The van der Waals surface area contributed by atoms with E-state index in [1.807, 2.05) is 30.3 Å². The standard InChI is InChI=1S/C15H20N2O2/c1-2-9-17(11-12-18)10-5-8-15-16-13-6-3-4-7-14(13)19-15/h2-4,6-7,18H,1,5,8-12H2. The number of oxazole rings is 1. The Morgan fingerprint density at radius 2 is 2.16 bits per heavy atom. The van der Waals surface area contributed by atoms with Gasteiger partial charge in [0.1, 0.15) is 5.52 Å². The topological polar surface area (TPSA) is 49.5 Å². The van der Waals surface area contributed by atoms with Crippen molar-refractivity contribution in [3.8, 4) is 0 Å². The third-order valence-corrected chi connectivity index (χ3v) is 3.01. The maximum atomic E-state index is 8.97. The molecular weight excluding hydrogens is 240 g/mol. The van der Waals surface area contributed by atoms with Gasteiger partial charge in [-0.1, -0.05) is 18.2 Å². The van der Waals surface area contributed by atoms with E-state index in [0.29, 0.717) is 6.54 Å². The highest BCUT2D eigenvalue weighted by atomic mass is 16.3. The number of aliphatic hydroxyl groups is 1. The van der Waals surface area contributed by atoms with E-state index in [1.165, 1.54) is 0 Å². The number of aliphatic hydroxyl groups excluding tert-OH is 1. The lowest BCUT2D eigenvalue weighted by atomic mass is 10.3. The smallest absolute Gasteiger partial charge is 0.195 e. The van der Waals surface area contributed by atoms with Crippen molar-refractivity contribution in [3.05, 3.63) is 42.8 Å². The van der Waals surface area contributed by atoms with E-state index in [4.69, 9.17) is 9.52 Å². The van der Waals surface area contributed by atoms with Crippen molar-refractivity contribution < 1.29 is 9.52 Å². The van der Waals surface area contributed by atoms with Crippen molar-refractivity contribution in [1.29, 1.82) is 0 Å². The van der Waals surface area contributed by atoms with E-state index in [-0.39, 0.29) is 6.61 Å². The van der Waals surface area contributed by atoms with E-state index >= 15 is 0 Å². The molecule has 1 aromatic carbocycles. The zero-order valence-corrected chi connectivity index (χ0v) is 11.1. The third kappa shape index (κ3) is 3.91. The van der Waals surface area contributed by atoms with Crippen LogP contribution in [0.2, 0.25) is 0 Å². The van der Waals surface area contributed by atoms with Crippen molar-refractivity contribution in [3.63, 3.8) is 0 Å². The summed E-state index contributed by atoms with van der Waals surface area (Å²) in [5.74, 6) is 0.781. The Morgan fingerprint density at radius 1 is 1.32 bits per heavy atom. The first-order valence-corrected chi connectivity index (χ1v) is 6.62. The molecule has 102 valence electrons. The Labute approximate surface area is 113 Å². The van der Waals surface area contributed by atoms with Crippen LogP contribution in [-0.2, 0) is 6.42 Å². The number of nitrogens with zero attached hydrogens (tertiary/aromatic N) is 2. The Balaban J connectivity index is 1.85. The second-order valence-electron chi connectivity index (χ2n) is 4.49. The SMILES string of the molecule is C=CCN(CCO)CCCc1nc2ccccc2o1. The number of fused-ring (bicyclic) bond motifs is 1. The van der Waals surface area contributed by atoms with Crippen LogP contribution in [0.5, 0.6) is 0 Å². The number of rotatable bonds is 8. The monoisotopic (exact) mass is 260 g/mol. The molecule has 0 saturated heterocycles. The molecular formula is C15H20N2O2. The molecule has 0 aliphatic rings. The molecule has 0 fully saturated rings. The first kappa shape index (κ1) is 13.8. The van der Waals surface area contributed by atoms with Crippen molar-refractivity contribution >= 4 is 11.1 Å². The summed E-state index contributed by atoms with van der Waals surface area (Å²) in [4.78, 5) is 6.61. The fourth-order valence-corrected chi connectivity index (χ4v) is 2.10. The first-order chi connectivity index (χ1) is 9.33. The highest BCUT2D eigenvalue weighted by Crippen LogP contribution is 2.15. The van der Waals surface area contributed by atoms with E-state index in [9.17, 15) is 0 Å². The number of aryl methyl sites for hydroxylation is 1. The summed E-state index contributed by atoms with van der Waals surface area (Å²) in [5.41, 5.74) is 1.76. The minimum absolute atomic E-state index is 0.177. The zero-order chi connectivity index (χ0) is 13.5. The molecule has 0 unspecified atom stereocenters. The molecule has 4 heteroatoms. The van der Waals surface area contributed by atoms with Gasteiger partial charge in [-0.25, -0.2) is 4.98 Å². The molecule has 0 amide bonds. The van der Waals surface area contributed by atoms with E-state index < -0.39 is 0 Å². The summed E-state index contributed by atoms with van der Waals surface area (Å²) in [6.07, 6.45) is 3.63. The van der Waals surface area contributed by atoms with Crippen molar-refractivity contribution in [2.75, 3.05) is 26.2 Å². The first-order valence-electron chi connectivity index (χ1n) is 6.62. The Hall–Kier alpha value is -1.65. The molecule has 1 aromatic heterocycles. The van der Waals surface area contributed by atoms with Crippen LogP contribution in [0.25, 0.3) is 11.1 Å². The zero-order valence-electron chi connectivity index (χ0n) is 11.1. The van der Waals surface area contributed by atoms with Gasteiger partial charge in [0.25, 0.3) is 0 Å². The number of aromatic nitrogens is 1.